The molecule has 1 N–H and O–H groups in total. The maximum absolute atomic E-state index is 8.04. The Balaban J connectivity index is 4.71. The first kappa shape index (κ1) is 14.8. The van der Waals surface area contributed by atoms with E-state index < -0.39 is 0 Å². The second-order valence-electron chi connectivity index (χ2n) is 3.68. The van der Waals surface area contributed by atoms with Crippen LogP contribution in [0.15, 0.2) is 28.4 Å². The van der Waals surface area contributed by atoms with Gasteiger partial charge < -0.3 is 5.41 Å². The van der Waals surface area contributed by atoms with Crippen molar-refractivity contribution in [1.82, 2.24) is 0 Å². The van der Waals surface area contributed by atoms with Crippen molar-refractivity contribution in [3.05, 3.63) is 23.4 Å². The molecule has 0 saturated heterocycles. The summed E-state index contributed by atoms with van der Waals surface area (Å²) in [7, 11) is 0. The monoisotopic (exact) mass is 220 g/mol. The molecule has 0 bridgehead atoms. The highest BCUT2D eigenvalue weighted by molar-refractivity contribution is 6.01. The van der Waals surface area contributed by atoms with Crippen molar-refractivity contribution in [1.29, 1.82) is 5.41 Å². The lowest BCUT2D eigenvalue weighted by Crippen LogP contribution is -2.03. The fourth-order valence-electron chi connectivity index (χ4n) is 1.45. The van der Waals surface area contributed by atoms with Gasteiger partial charge in [-0.1, -0.05) is 32.4 Å². The Morgan fingerprint density at radius 3 is 2.31 bits per heavy atom. The van der Waals surface area contributed by atoms with E-state index >= 15 is 0 Å². The maximum atomic E-state index is 8.04. The summed E-state index contributed by atoms with van der Waals surface area (Å²) in [5.74, 6) is 0. The Morgan fingerprint density at radius 2 is 1.88 bits per heavy atom. The van der Waals surface area contributed by atoms with Gasteiger partial charge in [-0.3, -0.25) is 4.99 Å². The van der Waals surface area contributed by atoms with Crippen LogP contribution in [0.3, 0.4) is 0 Å². The van der Waals surface area contributed by atoms with Crippen LogP contribution >= 0.6 is 0 Å². The summed E-state index contributed by atoms with van der Waals surface area (Å²) in [5, 5.41) is 8.04. The minimum Gasteiger partial charge on any atom is -0.305 e. The number of hydrogen-bond acceptors (Lipinski definition) is 2. The number of hydrogen-bond donors (Lipinski definition) is 1. The largest absolute Gasteiger partial charge is 0.305 e. The van der Waals surface area contributed by atoms with E-state index in [0.717, 1.165) is 37.0 Å². The van der Waals surface area contributed by atoms with Crippen molar-refractivity contribution in [2.75, 3.05) is 0 Å². The van der Waals surface area contributed by atoms with Crippen LogP contribution in [-0.4, -0.2) is 11.9 Å². The summed E-state index contributed by atoms with van der Waals surface area (Å²) < 4.78 is 0. The van der Waals surface area contributed by atoms with Crippen LogP contribution in [0.25, 0.3) is 0 Å². The first-order valence-corrected chi connectivity index (χ1v) is 6.14. The third-order valence-electron chi connectivity index (χ3n) is 2.36. The maximum Gasteiger partial charge on any atom is 0.0670 e. The Kier molecular flexibility index (Phi) is 8.41. The van der Waals surface area contributed by atoms with Crippen LogP contribution in [0.5, 0.6) is 0 Å². The summed E-state index contributed by atoms with van der Waals surface area (Å²) >= 11 is 0. The molecule has 0 aliphatic rings. The molecule has 16 heavy (non-hydrogen) atoms. The van der Waals surface area contributed by atoms with Crippen molar-refractivity contribution in [3.63, 3.8) is 0 Å². The van der Waals surface area contributed by atoms with E-state index in [1.54, 1.807) is 0 Å². The quantitative estimate of drug-likeness (QED) is 0.483. The topological polar surface area (TPSA) is 36.2 Å². The Labute approximate surface area is 99.7 Å². The molecule has 0 saturated carbocycles. The lowest BCUT2D eigenvalue weighted by molar-refractivity contribution is 0.832. The number of nitrogens with one attached hydrogen (secondary N) is 1. The zero-order valence-electron chi connectivity index (χ0n) is 11.0. The molecule has 2 heteroatoms. The van der Waals surface area contributed by atoms with E-state index in [0.29, 0.717) is 5.71 Å². The van der Waals surface area contributed by atoms with E-state index in [9.17, 15) is 0 Å². The molecule has 0 aliphatic carbocycles. The molecule has 0 heterocycles. The summed E-state index contributed by atoms with van der Waals surface area (Å²) in [6.45, 7) is 8.16. The summed E-state index contributed by atoms with van der Waals surface area (Å²) in [4.78, 5) is 4.39. The Bertz CT molecular complexity index is 296. The SMILES string of the molecule is CC=C(N=CCC)/C(=C\C)C(=N)CCCC. The van der Waals surface area contributed by atoms with Crippen molar-refractivity contribution in [3.8, 4) is 0 Å². The highest BCUT2D eigenvalue weighted by Gasteiger charge is 2.07. The zero-order valence-corrected chi connectivity index (χ0v) is 11.0. The molecule has 0 aromatic heterocycles. The molecule has 0 fully saturated rings. The van der Waals surface area contributed by atoms with Crippen molar-refractivity contribution in [2.45, 2.75) is 53.4 Å². The van der Waals surface area contributed by atoms with E-state index in [-0.39, 0.29) is 0 Å². The minimum atomic E-state index is 0.700. The summed E-state index contributed by atoms with van der Waals surface area (Å²) in [6, 6.07) is 0. The third-order valence-corrected chi connectivity index (χ3v) is 2.36. The van der Waals surface area contributed by atoms with Crippen LogP contribution < -0.4 is 0 Å². The number of nitrogens with zero attached hydrogens (tertiary/aromatic N) is 1. The smallest absolute Gasteiger partial charge is 0.0670 e. The van der Waals surface area contributed by atoms with Crippen LogP contribution in [0.2, 0.25) is 0 Å². The molecule has 0 aliphatic heterocycles. The van der Waals surface area contributed by atoms with E-state index in [1.165, 1.54) is 0 Å². The molecule has 0 amide bonds. The zero-order chi connectivity index (χ0) is 12.4. The minimum absolute atomic E-state index is 0.700. The first-order valence-electron chi connectivity index (χ1n) is 6.14. The third kappa shape index (κ3) is 5.06. The molecule has 0 unspecified atom stereocenters. The fourth-order valence-corrected chi connectivity index (χ4v) is 1.45. The van der Waals surface area contributed by atoms with Crippen LogP contribution in [-0.2, 0) is 0 Å². The average Bonchev–Trinajstić information content (AvgIpc) is 2.31. The van der Waals surface area contributed by atoms with Gasteiger partial charge in [0, 0.05) is 17.5 Å². The standard InChI is InChI=1S/C14H24N2/c1-5-9-10-13(15)12(7-3)14(8-4)16-11-6-2/h7-8,11,15H,5-6,9-10H2,1-4H3/b12-7-,14-8?,15-13?,16-11?. The molecule has 2 nitrogen and oxygen atoms in total. The van der Waals surface area contributed by atoms with Gasteiger partial charge in [0.2, 0.25) is 0 Å². The van der Waals surface area contributed by atoms with Gasteiger partial charge in [0.25, 0.3) is 0 Å². The van der Waals surface area contributed by atoms with Gasteiger partial charge in [-0.2, -0.15) is 0 Å². The van der Waals surface area contributed by atoms with Gasteiger partial charge in [-0.25, -0.2) is 0 Å². The Hall–Kier alpha value is -1.18. The van der Waals surface area contributed by atoms with Gasteiger partial charge in [0.15, 0.2) is 0 Å². The summed E-state index contributed by atoms with van der Waals surface area (Å²) in [5.41, 5.74) is 2.59. The van der Waals surface area contributed by atoms with Gasteiger partial charge in [0.1, 0.15) is 0 Å². The van der Waals surface area contributed by atoms with Crippen molar-refractivity contribution < 1.29 is 0 Å². The number of aliphatic imine (C=N–C) groups is 1. The lowest BCUT2D eigenvalue weighted by atomic mass is 10.0. The molecule has 0 aromatic carbocycles. The Morgan fingerprint density at radius 1 is 1.19 bits per heavy atom. The van der Waals surface area contributed by atoms with Gasteiger partial charge in [-0.05, 0) is 33.1 Å². The van der Waals surface area contributed by atoms with E-state index in [2.05, 4.69) is 18.8 Å². The van der Waals surface area contributed by atoms with Crippen LogP contribution in [0, 0.1) is 5.41 Å². The second kappa shape index (κ2) is 9.08. The molecular formula is C14H24N2. The van der Waals surface area contributed by atoms with Crippen molar-refractivity contribution in [2.24, 2.45) is 4.99 Å². The molecule has 0 aromatic rings. The highest BCUT2D eigenvalue weighted by atomic mass is 14.7. The summed E-state index contributed by atoms with van der Waals surface area (Å²) in [6.07, 6.45) is 9.83. The number of unbranched alkanes of at least 4 members (excludes halogenated alkanes) is 1. The molecule has 0 radical (unpaired) electrons. The van der Waals surface area contributed by atoms with E-state index in [1.807, 2.05) is 32.2 Å². The molecule has 0 spiro atoms. The molecule has 0 rings (SSSR count). The van der Waals surface area contributed by atoms with E-state index in [4.69, 9.17) is 5.41 Å². The van der Waals surface area contributed by atoms with Crippen LogP contribution in [0.1, 0.15) is 53.4 Å². The van der Waals surface area contributed by atoms with Gasteiger partial charge in [0.05, 0.1) is 5.70 Å². The average molecular weight is 220 g/mol. The molecule has 0 atom stereocenters. The normalized spacial score (nSPS) is 13.5. The molecular weight excluding hydrogens is 196 g/mol. The lowest BCUT2D eigenvalue weighted by Gasteiger charge is -2.08. The number of rotatable bonds is 7. The predicted molar refractivity (Wildman–Crippen MR) is 73.5 cm³/mol. The van der Waals surface area contributed by atoms with Gasteiger partial charge >= 0.3 is 0 Å². The first-order chi connectivity index (χ1) is 7.71. The number of allylic oxidation sites excluding steroid dienone is 3. The van der Waals surface area contributed by atoms with Crippen molar-refractivity contribution >= 4 is 11.9 Å². The predicted octanol–water partition coefficient (Wildman–Crippen LogP) is 4.53. The van der Waals surface area contributed by atoms with Gasteiger partial charge in [-0.15, -0.1) is 0 Å². The second-order valence-corrected chi connectivity index (χ2v) is 3.68. The molecule has 90 valence electrons. The fraction of sp³-hybridized carbons (Fsp3) is 0.571. The van der Waals surface area contributed by atoms with Crippen LogP contribution in [0.4, 0.5) is 0 Å². The highest BCUT2D eigenvalue weighted by Crippen LogP contribution is 2.16.